The van der Waals surface area contributed by atoms with E-state index in [9.17, 15) is 9.50 Å². The van der Waals surface area contributed by atoms with Gasteiger partial charge < -0.3 is 9.84 Å². The molecule has 0 saturated carbocycles. The maximum atomic E-state index is 14.5. The summed E-state index contributed by atoms with van der Waals surface area (Å²) in [5.41, 5.74) is 4.27. The summed E-state index contributed by atoms with van der Waals surface area (Å²) >= 11 is 0. The summed E-state index contributed by atoms with van der Waals surface area (Å²) < 4.78 is 19.9. The van der Waals surface area contributed by atoms with Crippen LogP contribution in [0.3, 0.4) is 0 Å². The SMILES string of the molecule is C=CCOc1ccc(-c2ccc(-c3ccc(C=CCCCC(C)O)nc3)cc2)c(F)c1. The number of ether oxygens (including phenoxy) is 1. The highest BCUT2D eigenvalue weighted by Gasteiger charge is 2.08. The highest BCUT2D eigenvalue weighted by molar-refractivity contribution is 5.71. The number of halogens is 1. The van der Waals surface area contributed by atoms with Crippen LogP contribution >= 0.6 is 0 Å². The van der Waals surface area contributed by atoms with Gasteiger partial charge in [-0.05, 0) is 61.6 Å². The highest BCUT2D eigenvalue weighted by Crippen LogP contribution is 2.28. The standard InChI is InChI=1S/C27H28FNO2/c1-3-17-31-25-15-16-26(27(28)18-25)22-11-9-21(10-12-22)23-13-14-24(29-19-23)8-6-4-5-7-20(2)30/h3,6,8-16,18-20,30H,1,4-5,7,17H2,2H3. The first-order chi connectivity index (χ1) is 15.1. The first-order valence-electron chi connectivity index (χ1n) is 10.5. The van der Waals surface area contributed by atoms with Gasteiger partial charge in [0.2, 0.25) is 0 Å². The number of rotatable bonds is 10. The molecule has 1 aromatic heterocycles. The molecule has 0 amide bonds. The first kappa shape index (κ1) is 22.4. The molecule has 4 heteroatoms. The zero-order valence-electron chi connectivity index (χ0n) is 17.8. The summed E-state index contributed by atoms with van der Waals surface area (Å²) in [5, 5.41) is 9.28. The molecule has 0 aliphatic heterocycles. The summed E-state index contributed by atoms with van der Waals surface area (Å²) in [6, 6.07) is 16.7. The third-order valence-electron chi connectivity index (χ3n) is 4.91. The average molecular weight is 418 g/mol. The van der Waals surface area contributed by atoms with Crippen molar-refractivity contribution in [2.45, 2.75) is 32.3 Å². The van der Waals surface area contributed by atoms with Gasteiger partial charge in [0.15, 0.2) is 0 Å². The van der Waals surface area contributed by atoms with E-state index in [1.165, 1.54) is 6.07 Å². The van der Waals surface area contributed by atoms with Crippen LogP contribution < -0.4 is 4.74 Å². The molecule has 2 aromatic carbocycles. The van der Waals surface area contributed by atoms with E-state index in [2.05, 4.69) is 17.6 Å². The number of hydrogen-bond donors (Lipinski definition) is 1. The van der Waals surface area contributed by atoms with Gasteiger partial charge in [-0.3, -0.25) is 4.98 Å². The van der Waals surface area contributed by atoms with Gasteiger partial charge in [0.25, 0.3) is 0 Å². The molecular formula is C27H28FNO2. The van der Waals surface area contributed by atoms with Crippen molar-refractivity contribution in [1.29, 1.82) is 0 Å². The number of nitrogens with zero attached hydrogens (tertiary/aromatic N) is 1. The Kier molecular flexibility index (Phi) is 8.13. The van der Waals surface area contributed by atoms with Gasteiger partial charge >= 0.3 is 0 Å². The molecule has 0 spiro atoms. The Hall–Kier alpha value is -3.24. The van der Waals surface area contributed by atoms with Crippen molar-refractivity contribution < 1.29 is 14.2 Å². The van der Waals surface area contributed by atoms with E-state index in [1.54, 1.807) is 18.2 Å². The largest absolute Gasteiger partial charge is 0.489 e. The van der Waals surface area contributed by atoms with Crippen LogP contribution in [-0.2, 0) is 0 Å². The molecule has 0 fully saturated rings. The van der Waals surface area contributed by atoms with Crippen molar-refractivity contribution in [2.75, 3.05) is 6.61 Å². The maximum absolute atomic E-state index is 14.5. The van der Waals surface area contributed by atoms with Gasteiger partial charge in [-0.2, -0.15) is 0 Å². The van der Waals surface area contributed by atoms with Crippen LogP contribution in [0.25, 0.3) is 28.3 Å². The highest BCUT2D eigenvalue weighted by atomic mass is 19.1. The van der Waals surface area contributed by atoms with Gasteiger partial charge in [-0.1, -0.05) is 49.1 Å². The fraction of sp³-hybridized carbons (Fsp3) is 0.222. The van der Waals surface area contributed by atoms with Crippen LogP contribution in [0.4, 0.5) is 4.39 Å². The molecule has 0 aliphatic carbocycles. The zero-order chi connectivity index (χ0) is 22.1. The lowest BCUT2D eigenvalue weighted by Crippen LogP contribution is -1.97. The number of aliphatic hydroxyl groups is 1. The van der Waals surface area contributed by atoms with E-state index in [4.69, 9.17) is 4.74 Å². The van der Waals surface area contributed by atoms with E-state index in [1.807, 2.05) is 55.6 Å². The molecule has 31 heavy (non-hydrogen) atoms. The van der Waals surface area contributed by atoms with Crippen LogP contribution in [0, 0.1) is 5.82 Å². The van der Waals surface area contributed by atoms with Gasteiger partial charge in [-0.15, -0.1) is 0 Å². The normalized spacial score (nSPS) is 12.1. The Morgan fingerprint density at radius 2 is 1.81 bits per heavy atom. The second-order valence-electron chi connectivity index (χ2n) is 7.47. The molecule has 0 aliphatic rings. The second-order valence-corrected chi connectivity index (χ2v) is 7.47. The van der Waals surface area contributed by atoms with Crippen molar-refractivity contribution in [2.24, 2.45) is 0 Å². The topological polar surface area (TPSA) is 42.4 Å². The van der Waals surface area contributed by atoms with Crippen molar-refractivity contribution >= 4 is 6.08 Å². The van der Waals surface area contributed by atoms with E-state index in [-0.39, 0.29) is 11.9 Å². The Balaban J connectivity index is 1.65. The molecule has 3 aromatic rings. The fourth-order valence-electron chi connectivity index (χ4n) is 3.23. The van der Waals surface area contributed by atoms with Crippen LogP contribution in [-0.4, -0.2) is 22.8 Å². The molecule has 1 N–H and O–H groups in total. The molecular weight excluding hydrogens is 389 g/mol. The van der Waals surface area contributed by atoms with Crippen LogP contribution in [0.2, 0.25) is 0 Å². The number of pyridine rings is 1. The minimum atomic E-state index is -0.319. The monoisotopic (exact) mass is 417 g/mol. The molecule has 0 saturated heterocycles. The first-order valence-corrected chi connectivity index (χ1v) is 10.5. The third-order valence-corrected chi connectivity index (χ3v) is 4.91. The minimum Gasteiger partial charge on any atom is -0.489 e. The number of unbranched alkanes of at least 4 members (excludes halogenated alkanes) is 1. The number of aliphatic hydroxyl groups excluding tert-OH is 1. The van der Waals surface area contributed by atoms with Gasteiger partial charge in [-0.25, -0.2) is 4.39 Å². The van der Waals surface area contributed by atoms with Crippen molar-refractivity contribution in [3.8, 4) is 28.0 Å². The number of hydrogen-bond acceptors (Lipinski definition) is 3. The molecule has 3 rings (SSSR count). The summed E-state index contributed by atoms with van der Waals surface area (Å²) in [5.74, 6) is 0.168. The molecule has 1 atom stereocenters. The van der Waals surface area contributed by atoms with Crippen molar-refractivity contribution in [3.05, 3.63) is 91.0 Å². The lowest BCUT2D eigenvalue weighted by molar-refractivity contribution is 0.182. The third kappa shape index (κ3) is 6.63. The van der Waals surface area contributed by atoms with Gasteiger partial charge in [0, 0.05) is 23.4 Å². The molecule has 0 bridgehead atoms. The summed E-state index contributed by atoms with van der Waals surface area (Å²) in [4.78, 5) is 4.50. The number of aromatic nitrogens is 1. The van der Waals surface area contributed by atoms with Crippen molar-refractivity contribution in [1.82, 2.24) is 4.98 Å². The maximum Gasteiger partial charge on any atom is 0.134 e. The predicted molar refractivity (Wildman–Crippen MR) is 125 cm³/mol. The molecule has 160 valence electrons. The Morgan fingerprint density at radius 1 is 1.06 bits per heavy atom. The summed E-state index contributed by atoms with van der Waals surface area (Å²) in [6.45, 7) is 5.75. The molecule has 1 heterocycles. The molecule has 3 nitrogen and oxygen atoms in total. The Labute approximate surface area is 183 Å². The quantitative estimate of drug-likeness (QED) is 0.295. The van der Waals surface area contributed by atoms with Crippen LogP contribution in [0.1, 0.15) is 31.9 Å². The van der Waals surface area contributed by atoms with Crippen LogP contribution in [0.5, 0.6) is 5.75 Å². The number of allylic oxidation sites excluding steroid dienone is 1. The summed E-state index contributed by atoms with van der Waals surface area (Å²) in [6.07, 6.45) is 10.0. The average Bonchev–Trinajstić information content (AvgIpc) is 2.78. The Morgan fingerprint density at radius 3 is 2.45 bits per heavy atom. The second kappa shape index (κ2) is 11.2. The zero-order valence-corrected chi connectivity index (χ0v) is 17.8. The summed E-state index contributed by atoms with van der Waals surface area (Å²) in [7, 11) is 0. The van der Waals surface area contributed by atoms with Crippen molar-refractivity contribution in [3.63, 3.8) is 0 Å². The van der Waals surface area contributed by atoms with Gasteiger partial charge in [0.05, 0.1) is 11.8 Å². The lowest BCUT2D eigenvalue weighted by Gasteiger charge is -2.08. The number of benzene rings is 2. The van der Waals surface area contributed by atoms with Gasteiger partial charge in [0.1, 0.15) is 18.2 Å². The fourth-order valence-corrected chi connectivity index (χ4v) is 3.23. The Bertz CT molecular complexity index is 1010. The van der Waals surface area contributed by atoms with E-state index in [0.29, 0.717) is 17.9 Å². The van der Waals surface area contributed by atoms with E-state index < -0.39 is 0 Å². The molecule has 1 unspecified atom stereocenters. The smallest absolute Gasteiger partial charge is 0.134 e. The lowest BCUT2D eigenvalue weighted by atomic mass is 10.0. The van der Waals surface area contributed by atoms with Crippen LogP contribution in [0.15, 0.2) is 79.5 Å². The van der Waals surface area contributed by atoms with E-state index >= 15 is 0 Å². The minimum absolute atomic E-state index is 0.246. The molecule has 0 radical (unpaired) electrons. The van der Waals surface area contributed by atoms with E-state index in [0.717, 1.165) is 41.6 Å². The predicted octanol–water partition coefficient (Wildman–Crippen LogP) is 6.68.